The number of aromatic nitrogens is 2. The lowest BCUT2D eigenvalue weighted by Crippen LogP contribution is -2.38. The largest absolute Gasteiger partial charge is 0.490 e. The van der Waals surface area contributed by atoms with E-state index in [1.807, 2.05) is 6.07 Å². The van der Waals surface area contributed by atoms with Gasteiger partial charge >= 0.3 is 0 Å². The van der Waals surface area contributed by atoms with Gasteiger partial charge in [-0.1, -0.05) is 29.3 Å². The Balaban J connectivity index is 1.40. The highest BCUT2D eigenvalue weighted by molar-refractivity contribution is 6.36. The molecule has 2 aromatic heterocycles. The third-order valence-corrected chi connectivity index (χ3v) is 7.71. The first-order chi connectivity index (χ1) is 19.4. The van der Waals surface area contributed by atoms with Crippen LogP contribution in [0.1, 0.15) is 30.7 Å². The molecule has 1 saturated heterocycles. The molecular weight excluding hydrogens is 556 g/mol. The summed E-state index contributed by atoms with van der Waals surface area (Å²) in [4.78, 5) is 11.5. The van der Waals surface area contributed by atoms with E-state index in [9.17, 15) is 4.39 Å². The molecule has 40 heavy (non-hydrogen) atoms. The first-order valence-corrected chi connectivity index (χ1v) is 14.1. The number of nitrogens with two attached hydrogens (primary N) is 1. The molecule has 3 N–H and O–H groups in total. The fraction of sp³-hybridized carbons (Fsp3) is 0.379. The van der Waals surface area contributed by atoms with E-state index in [2.05, 4.69) is 21.3 Å². The normalized spacial score (nSPS) is 16.9. The zero-order valence-electron chi connectivity index (χ0n) is 22.3. The molecule has 11 heteroatoms. The zero-order valence-corrected chi connectivity index (χ0v) is 23.8. The molecule has 212 valence electrons. The summed E-state index contributed by atoms with van der Waals surface area (Å²) in [6.45, 7) is 8.03. The minimum Gasteiger partial charge on any atom is -0.490 e. The Bertz CT molecular complexity index is 1380. The number of anilines is 1. The predicted molar refractivity (Wildman–Crippen MR) is 156 cm³/mol. The van der Waals surface area contributed by atoms with Crippen LogP contribution in [0, 0.1) is 5.82 Å². The van der Waals surface area contributed by atoms with Gasteiger partial charge in [0, 0.05) is 60.3 Å². The van der Waals surface area contributed by atoms with E-state index in [4.69, 9.17) is 48.1 Å². The van der Waals surface area contributed by atoms with Crippen LogP contribution in [0.4, 0.5) is 10.2 Å². The van der Waals surface area contributed by atoms with Crippen molar-refractivity contribution >= 4 is 34.6 Å². The highest BCUT2D eigenvalue weighted by Crippen LogP contribution is 2.38. The Kier molecular flexibility index (Phi) is 9.39. The topological polar surface area (TPSA) is 94.8 Å². The number of nitrogen functional groups attached to an aromatic ring is 1. The van der Waals surface area contributed by atoms with Gasteiger partial charge in [-0.05, 0) is 49.7 Å². The lowest BCUT2D eigenvalue weighted by molar-refractivity contribution is 0.0322. The van der Waals surface area contributed by atoms with Gasteiger partial charge in [-0.15, -0.1) is 0 Å². The second kappa shape index (κ2) is 13.1. The maximum Gasteiger partial charge on any atom is 0.166 e. The second-order valence-electron chi connectivity index (χ2n) is 9.68. The lowest BCUT2D eigenvalue weighted by Gasteiger charge is -2.26. The molecule has 2 aliphatic rings. The van der Waals surface area contributed by atoms with Crippen LogP contribution in [-0.4, -0.2) is 67.4 Å². The quantitative estimate of drug-likeness (QED) is 0.321. The van der Waals surface area contributed by atoms with E-state index >= 15 is 0 Å². The van der Waals surface area contributed by atoms with Crippen molar-refractivity contribution in [3.63, 3.8) is 0 Å². The maximum atomic E-state index is 14.1. The number of pyridine rings is 2. The van der Waals surface area contributed by atoms with E-state index in [1.54, 1.807) is 25.4 Å². The summed E-state index contributed by atoms with van der Waals surface area (Å²) in [5.74, 6) is 0.643. The number of benzene rings is 1. The summed E-state index contributed by atoms with van der Waals surface area (Å²) in [6, 6.07) is 6.42. The van der Waals surface area contributed by atoms with Crippen LogP contribution in [0.25, 0.3) is 16.7 Å². The molecule has 5 rings (SSSR count). The Morgan fingerprint density at radius 3 is 2.62 bits per heavy atom. The van der Waals surface area contributed by atoms with Gasteiger partial charge in [-0.2, -0.15) is 0 Å². The smallest absolute Gasteiger partial charge is 0.166 e. The minimum absolute atomic E-state index is 0.0893. The molecular formula is C29H32Cl2FN5O3. The molecule has 0 aliphatic carbocycles. The van der Waals surface area contributed by atoms with Gasteiger partial charge in [-0.25, -0.2) is 9.37 Å². The van der Waals surface area contributed by atoms with Crippen molar-refractivity contribution in [1.29, 1.82) is 0 Å². The van der Waals surface area contributed by atoms with Gasteiger partial charge in [0.1, 0.15) is 30.0 Å². The van der Waals surface area contributed by atoms with Gasteiger partial charge in [0.15, 0.2) is 11.6 Å². The van der Waals surface area contributed by atoms with Gasteiger partial charge in [-0.3, -0.25) is 9.88 Å². The van der Waals surface area contributed by atoms with Crippen molar-refractivity contribution in [2.45, 2.75) is 19.4 Å². The lowest BCUT2D eigenvalue weighted by atomic mass is 10.0. The van der Waals surface area contributed by atoms with E-state index in [0.29, 0.717) is 28.7 Å². The number of ether oxygens (including phenoxy) is 3. The molecule has 1 fully saturated rings. The van der Waals surface area contributed by atoms with Crippen LogP contribution in [0.3, 0.4) is 0 Å². The number of halogens is 3. The summed E-state index contributed by atoms with van der Waals surface area (Å²) >= 11 is 12.5. The van der Waals surface area contributed by atoms with Gasteiger partial charge in [0.25, 0.3) is 0 Å². The summed E-state index contributed by atoms with van der Waals surface area (Å²) in [5, 5.41) is 3.55. The third kappa shape index (κ3) is 6.67. The SMILES string of the molecule is CC(Oc1cc(-c2cnc(C3=CCNCC3)c(OCCN3CCOCC3)c2)cnc1N)c1c(Cl)ccc(F)c1Cl. The molecule has 8 nitrogen and oxygen atoms in total. The van der Waals surface area contributed by atoms with Crippen LogP contribution in [0.5, 0.6) is 11.5 Å². The fourth-order valence-corrected chi connectivity index (χ4v) is 5.45. The average Bonchev–Trinajstić information content (AvgIpc) is 2.97. The molecule has 0 radical (unpaired) electrons. The van der Waals surface area contributed by atoms with Crippen molar-refractivity contribution in [2.24, 2.45) is 0 Å². The molecule has 1 aromatic carbocycles. The van der Waals surface area contributed by atoms with E-state index < -0.39 is 11.9 Å². The Morgan fingerprint density at radius 1 is 1.12 bits per heavy atom. The molecule has 1 atom stereocenters. The number of nitrogens with zero attached hydrogens (tertiary/aromatic N) is 3. The predicted octanol–water partition coefficient (Wildman–Crippen LogP) is 5.40. The molecule has 0 bridgehead atoms. The maximum absolute atomic E-state index is 14.1. The Morgan fingerprint density at radius 2 is 1.88 bits per heavy atom. The van der Waals surface area contributed by atoms with Gasteiger partial charge < -0.3 is 25.3 Å². The molecule has 1 unspecified atom stereocenters. The molecule has 3 aromatic rings. The van der Waals surface area contributed by atoms with Crippen molar-refractivity contribution in [3.8, 4) is 22.6 Å². The standard InChI is InChI=1S/C29H32Cl2FN5O3/c1-18(26-22(30)2-3-23(32)27(26)31)40-25-15-21(17-36-29(25)33)20-14-24(39-13-10-37-8-11-38-12-9-37)28(35-16-20)19-4-6-34-7-5-19/h2-4,14-18,34H,5-13H2,1H3,(H2,33,36). The van der Waals surface area contributed by atoms with Crippen molar-refractivity contribution in [1.82, 2.24) is 20.2 Å². The summed E-state index contributed by atoms with van der Waals surface area (Å²) < 4.78 is 32.0. The number of nitrogens with one attached hydrogen (secondary N) is 1. The molecule has 0 amide bonds. The summed E-state index contributed by atoms with van der Waals surface area (Å²) in [5.41, 5.74) is 10.0. The summed E-state index contributed by atoms with van der Waals surface area (Å²) in [6.07, 6.45) is 5.81. The van der Waals surface area contributed by atoms with Gasteiger partial charge in [0.2, 0.25) is 0 Å². The number of morpholine rings is 1. The second-order valence-corrected chi connectivity index (χ2v) is 10.5. The Labute approximate surface area is 243 Å². The highest BCUT2D eigenvalue weighted by Gasteiger charge is 2.21. The number of hydrogen-bond donors (Lipinski definition) is 2. The summed E-state index contributed by atoms with van der Waals surface area (Å²) in [7, 11) is 0. The van der Waals surface area contributed by atoms with Crippen molar-refractivity contribution < 1.29 is 18.6 Å². The highest BCUT2D eigenvalue weighted by atomic mass is 35.5. The third-order valence-electron chi connectivity index (χ3n) is 6.99. The van der Waals surface area contributed by atoms with Crippen LogP contribution >= 0.6 is 23.2 Å². The van der Waals surface area contributed by atoms with E-state index in [-0.39, 0.29) is 10.8 Å². The number of rotatable bonds is 9. The number of hydrogen-bond acceptors (Lipinski definition) is 8. The average molecular weight is 589 g/mol. The van der Waals surface area contributed by atoms with Gasteiger partial charge in [0.05, 0.1) is 18.2 Å². The molecule has 0 spiro atoms. The van der Waals surface area contributed by atoms with Crippen LogP contribution in [0.2, 0.25) is 10.0 Å². The first-order valence-electron chi connectivity index (χ1n) is 13.3. The monoisotopic (exact) mass is 587 g/mol. The van der Waals surface area contributed by atoms with Crippen molar-refractivity contribution in [3.05, 3.63) is 69.9 Å². The molecule has 0 saturated carbocycles. The molecule has 2 aliphatic heterocycles. The van der Waals surface area contributed by atoms with E-state index in [0.717, 1.165) is 74.8 Å². The van der Waals surface area contributed by atoms with Crippen LogP contribution in [-0.2, 0) is 4.74 Å². The van der Waals surface area contributed by atoms with E-state index in [1.165, 1.54) is 12.1 Å². The van der Waals surface area contributed by atoms with Crippen LogP contribution in [0.15, 0.2) is 42.7 Å². The first kappa shape index (κ1) is 28.6. The Hall–Kier alpha value is -2.95. The van der Waals surface area contributed by atoms with Crippen LogP contribution < -0.4 is 20.5 Å². The molecule has 4 heterocycles. The minimum atomic E-state index is -0.679. The van der Waals surface area contributed by atoms with Crippen molar-refractivity contribution in [2.75, 3.05) is 58.3 Å². The zero-order chi connectivity index (χ0) is 28.1. The fourth-order valence-electron chi connectivity index (χ4n) is 4.77.